The lowest BCUT2D eigenvalue weighted by Crippen LogP contribution is -2.51. The lowest BCUT2D eigenvalue weighted by atomic mass is 9.82. The van der Waals surface area contributed by atoms with E-state index in [1.54, 1.807) is 56.0 Å². The van der Waals surface area contributed by atoms with Crippen molar-refractivity contribution in [3.63, 3.8) is 0 Å². The lowest BCUT2D eigenvalue weighted by Gasteiger charge is -2.40. The number of sulfone groups is 1. The molecule has 3 N–H and O–H groups in total. The monoisotopic (exact) mass is 451 g/mol. The number of nitrogens with zero attached hydrogens (tertiary/aromatic N) is 1. The molecule has 8 nitrogen and oxygen atoms in total. The minimum Gasteiger partial charge on any atom is -0.444 e. The maximum Gasteiger partial charge on any atom is 0.408 e. The Hall–Kier alpha value is -2.13. The summed E-state index contributed by atoms with van der Waals surface area (Å²) in [6, 6.07) is 7.42. The third kappa shape index (κ3) is 5.98. The summed E-state index contributed by atoms with van der Waals surface area (Å²) < 4.78 is 31.2. The van der Waals surface area contributed by atoms with E-state index >= 15 is 0 Å². The maximum atomic E-state index is 13.0. The molecule has 3 rings (SSSR count). The number of hydrogen-bond donors (Lipinski definition) is 2. The molecule has 1 heterocycles. The van der Waals surface area contributed by atoms with Gasteiger partial charge in [0.25, 0.3) is 0 Å². The van der Waals surface area contributed by atoms with Gasteiger partial charge in [-0.25, -0.2) is 13.2 Å². The van der Waals surface area contributed by atoms with Gasteiger partial charge in [-0.1, -0.05) is 18.2 Å². The van der Waals surface area contributed by atoms with Crippen LogP contribution < -0.4 is 11.1 Å². The van der Waals surface area contributed by atoms with E-state index < -0.39 is 27.6 Å². The molecule has 0 aromatic heterocycles. The molecule has 0 spiro atoms. The summed E-state index contributed by atoms with van der Waals surface area (Å²) in [5.74, 6) is -0.491. The van der Waals surface area contributed by atoms with Gasteiger partial charge in [-0.15, -0.1) is 0 Å². The van der Waals surface area contributed by atoms with E-state index in [0.29, 0.717) is 25.8 Å². The standard InChI is InChI=1S/C22H33N3O5S/c1-22(2,3)30-21(27)24-18-11-12-25(20(18)26)19-10-9-16(23)13-15(19)14-31(28,29)17-7-5-4-6-8-17/h4-8,15-16,18-19H,9-14,23H2,1-3H3,(H,24,27)/t15-,16+,18-,19-/m0/s1. The average Bonchev–Trinajstić information content (AvgIpc) is 3.01. The third-order valence-electron chi connectivity index (χ3n) is 5.85. The van der Waals surface area contributed by atoms with E-state index in [4.69, 9.17) is 10.5 Å². The molecule has 172 valence electrons. The highest BCUT2D eigenvalue weighted by Crippen LogP contribution is 2.33. The molecule has 31 heavy (non-hydrogen) atoms. The van der Waals surface area contributed by atoms with Crippen molar-refractivity contribution in [3.05, 3.63) is 30.3 Å². The Labute approximate surface area is 184 Å². The smallest absolute Gasteiger partial charge is 0.408 e. The Morgan fingerprint density at radius 1 is 1.19 bits per heavy atom. The second kappa shape index (κ2) is 9.16. The fourth-order valence-electron chi connectivity index (χ4n) is 4.49. The molecule has 1 aliphatic carbocycles. The minimum absolute atomic E-state index is 0.0523. The molecule has 1 aromatic carbocycles. The largest absolute Gasteiger partial charge is 0.444 e. The highest BCUT2D eigenvalue weighted by molar-refractivity contribution is 7.91. The zero-order valence-corrected chi connectivity index (χ0v) is 19.2. The summed E-state index contributed by atoms with van der Waals surface area (Å²) >= 11 is 0. The van der Waals surface area contributed by atoms with Gasteiger partial charge in [0.1, 0.15) is 11.6 Å². The fraction of sp³-hybridized carbons (Fsp3) is 0.636. The normalized spacial score (nSPS) is 27.2. The van der Waals surface area contributed by atoms with Gasteiger partial charge in [0.05, 0.1) is 10.6 Å². The molecule has 0 radical (unpaired) electrons. The maximum absolute atomic E-state index is 13.0. The van der Waals surface area contributed by atoms with Crippen molar-refractivity contribution < 1.29 is 22.7 Å². The summed E-state index contributed by atoms with van der Waals surface area (Å²) in [6.07, 6.45) is 1.78. The second-order valence-corrected chi connectivity index (χ2v) is 11.5. The van der Waals surface area contributed by atoms with Crippen molar-refractivity contribution in [2.45, 2.75) is 75.1 Å². The predicted molar refractivity (Wildman–Crippen MR) is 117 cm³/mol. The highest BCUT2D eigenvalue weighted by atomic mass is 32.2. The Balaban J connectivity index is 1.71. The number of nitrogens with two attached hydrogens (primary N) is 1. The van der Waals surface area contributed by atoms with Crippen LogP contribution in [-0.2, 0) is 19.4 Å². The summed E-state index contributed by atoms with van der Waals surface area (Å²) in [7, 11) is -3.50. The van der Waals surface area contributed by atoms with Gasteiger partial charge in [-0.2, -0.15) is 0 Å². The second-order valence-electron chi connectivity index (χ2n) is 9.51. The summed E-state index contributed by atoms with van der Waals surface area (Å²) in [4.78, 5) is 27.2. The van der Waals surface area contributed by atoms with Crippen LogP contribution in [0.25, 0.3) is 0 Å². The highest BCUT2D eigenvalue weighted by Gasteiger charge is 2.43. The molecular weight excluding hydrogens is 418 g/mol. The number of hydrogen-bond acceptors (Lipinski definition) is 6. The van der Waals surface area contributed by atoms with Crippen LogP contribution >= 0.6 is 0 Å². The summed E-state index contributed by atoms with van der Waals surface area (Å²) in [5, 5.41) is 2.66. The van der Waals surface area contributed by atoms with Gasteiger partial charge in [-0.05, 0) is 64.5 Å². The third-order valence-corrected chi connectivity index (χ3v) is 7.71. The van der Waals surface area contributed by atoms with Crippen molar-refractivity contribution in [1.29, 1.82) is 0 Å². The van der Waals surface area contributed by atoms with E-state index in [9.17, 15) is 18.0 Å². The predicted octanol–water partition coefficient (Wildman–Crippen LogP) is 2.08. The molecule has 1 aromatic rings. The Morgan fingerprint density at radius 3 is 2.52 bits per heavy atom. The number of carbonyl (C=O) groups is 2. The number of likely N-dealkylation sites (tertiary alicyclic amines) is 1. The van der Waals surface area contributed by atoms with Gasteiger partial charge in [0.15, 0.2) is 9.84 Å². The number of rotatable bonds is 5. The van der Waals surface area contributed by atoms with Crippen molar-refractivity contribution in [1.82, 2.24) is 10.2 Å². The van der Waals surface area contributed by atoms with Crippen molar-refractivity contribution in [2.75, 3.05) is 12.3 Å². The average molecular weight is 452 g/mol. The van der Waals surface area contributed by atoms with E-state index in [0.717, 1.165) is 6.42 Å². The van der Waals surface area contributed by atoms with Gasteiger partial charge in [0, 0.05) is 18.6 Å². The summed E-state index contributed by atoms with van der Waals surface area (Å²) in [5.41, 5.74) is 5.51. The molecule has 9 heteroatoms. The molecule has 0 unspecified atom stereocenters. The van der Waals surface area contributed by atoms with Crippen LogP contribution in [0.15, 0.2) is 35.2 Å². The Morgan fingerprint density at radius 2 is 1.87 bits per heavy atom. The fourth-order valence-corrected chi connectivity index (χ4v) is 6.18. The number of ether oxygens (including phenoxy) is 1. The van der Waals surface area contributed by atoms with Gasteiger partial charge in [0.2, 0.25) is 5.91 Å². The molecular formula is C22H33N3O5S. The van der Waals surface area contributed by atoms with Crippen molar-refractivity contribution >= 4 is 21.8 Å². The first-order valence-electron chi connectivity index (χ1n) is 10.8. The van der Waals surface area contributed by atoms with Crippen LogP contribution in [0.5, 0.6) is 0 Å². The lowest BCUT2D eigenvalue weighted by molar-refractivity contribution is -0.133. The first kappa shape index (κ1) is 23.5. The van der Waals surface area contributed by atoms with Crippen LogP contribution in [0.3, 0.4) is 0 Å². The zero-order chi connectivity index (χ0) is 22.8. The quantitative estimate of drug-likeness (QED) is 0.707. The van der Waals surface area contributed by atoms with Gasteiger partial charge >= 0.3 is 6.09 Å². The van der Waals surface area contributed by atoms with Crippen molar-refractivity contribution in [2.24, 2.45) is 11.7 Å². The molecule has 1 saturated heterocycles. The topological polar surface area (TPSA) is 119 Å². The van der Waals surface area contributed by atoms with E-state index in [1.165, 1.54) is 0 Å². The molecule has 1 saturated carbocycles. The Kier molecular flexibility index (Phi) is 6.95. The van der Waals surface area contributed by atoms with E-state index in [-0.39, 0.29) is 34.6 Å². The number of alkyl carbamates (subject to hydrolysis) is 1. The van der Waals surface area contributed by atoms with E-state index in [1.807, 2.05) is 0 Å². The number of carbonyl (C=O) groups excluding carboxylic acids is 2. The molecule has 0 bridgehead atoms. The number of benzene rings is 1. The first-order chi connectivity index (χ1) is 14.5. The van der Waals surface area contributed by atoms with E-state index in [2.05, 4.69) is 5.32 Å². The molecule has 2 amide bonds. The summed E-state index contributed by atoms with van der Waals surface area (Å²) in [6.45, 7) is 5.76. The molecule has 2 aliphatic rings. The number of amides is 2. The van der Waals surface area contributed by atoms with Crippen LogP contribution in [0.2, 0.25) is 0 Å². The van der Waals surface area contributed by atoms with Crippen LogP contribution in [0.4, 0.5) is 4.79 Å². The molecule has 1 aliphatic heterocycles. The Bertz CT molecular complexity index is 897. The molecule has 2 fully saturated rings. The zero-order valence-electron chi connectivity index (χ0n) is 18.4. The minimum atomic E-state index is -3.50. The van der Waals surface area contributed by atoms with Gasteiger partial charge < -0.3 is 20.7 Å². The first-order valence-corrected chi connectivity index (χ1v) is 12.4. The van der Waals surface area contributed by atoms with Crippen LogP contribution in [0, 0.1) is 5.92 Å². The van der Waals surface area contributed by atoms with Gasteiger partial charge in [-0.3, -0.25) is 4.79 Å². The van der Waals surface area contributed by atoms with Crippen LogP contribution in [0.1, 0.15) is 46.5 Å². The SMILES string of the molecule is CC(C)(C)OC(=O)N[C@H]1CCN([C@H]2CC[C@@H](N)C[C@H]2CS(=O)(=O)c2ccccc2)C1=O. The molecule has 4 atom stereocenters. The van der Waals surface area contributed by atoms with Crippen molar-refractivity contribution in [3.8, 4) is 0 Å². The van der Waals surface area contributed by atoms with Crippen LogP contribution in [-0.4, -0.2) is 61.3 Å². The number of nitrogens with one attached hydrogen (secondary N) is 1.